The Kier molecular flexibility index (Phi) is 14.0. The maximum absolute atomic E-state index is 14.1. The first-order valence-corrected chi connectivity index (χ1v) is 19.7. The van der Waals surface area contributed by atoms with Gasteiger partial charge in [0.2, 0.25) is 5.79 Å². The third kappa shape index (κ3) is 8.97. The Morgan fingerprint density at radius 3 is 2.37 bits per heavy atom. The number of non-ortho nitro benzene ring substituents is 1. The lowest BCUT2D eigenvalue weighted by Crippen LogP contribution is -2.69. The second-order valence-electron chi connectivity index (χ2n) is 14.8. The predicted octanol–water partition coefficient (Wildman–Crippen LogP) is 7.60. The van der Waals surface area contributed by atoms with Gasteiger partial charge >= 0.3 is 6.09 Å². The molecule has 2 N–H and O–H groups in total. The molecule has 1 amide bonds. The van der Waals surface area contributed by atoms with E-state index in [0.717, 1.165) is 36.8 Å². The van der Waals surface area contributed by atoms with Gasteiger partial charge in [0.1, 0.15) is 41.9 Å². The molecule has 6 atom stereocenters. The first-order chi connectivity index (χ1) is 28.6. The fourth-order valence-corrected chi connectivity index (χ4v) is 8.84. The Morgan fingerprint density at radius 2 is 1.71 bits per heavy atom. The van der Waals surface area contributed by atoms with Crippen molar-refractivity contribution in [2.24, 2.45) is 22.9 Å². The number of nitro benzene ring substituents is 1. The van der Waals surface area contributed by atoms with Crippen LogP contribution in [0, 0.1) is 27.9 Å². The maximum Gasteiger partial charge on any atom is 0.415 e. The second kappa shape index (κ2) is 19.3. The number of rotatable bonds is 19. The van der Waals surface area contributed by atoms with Crippen LogP contribution in [0.2, 0.25) is 0 Å². The van der Waals surface area contributed by atoms with Crippen LogP contribution in [0.15, 0.2) is 90.1 Å². The fourth-order valence-electron chi connectivity index (χ4n) is 8.84. The molecule has 0 bridgehead atoms. The van der Waals surface area contributed by atoms with Crippen LogP contribution in [-0.2, 0) is 9.57 Å². The van der Waals surface area contributed by atoms with Crippen molar-refractivity contribution < 1.29 is 53.2 Å². The molecule has 6 unspecified atom stereocenters. The molecule has 314 valence electrons. The molecule has 0 radical (unpaired) electrons. The Morgan fingerprint density at radius 1 is 1.02 bits per heavy atom. The monoisotopic (exact) mass is 813 g/mol. The van der Waals surface area contributed by atoms with E-state index in [0.29, 0.717) is 53.4 Å². The molecular weight excluding hydrogens is 762 g/mol. The average molecular weight is 814 g/mol. The van der Waals surface area contributed by atoms with Crippen molar-refractivity contribution >= 4 is 23.8 Å². The van der Waals surface area contributed by atoms with Crippen molar-refractivity contribution in [3.8, 4) is 28.7 Å². The minimum atomic E-state index is -1.52. The minimum absolute atomic E-state index is 0.0179. The molecule has 1 saturated carbocycles. The van der Waals surface area contributed by atoms with Gasteiger partial charge in [-0.3, -0.25) is 14.9 Å². The highest BCUT2D eigenvalue weighted by Crippen LogP contribution is 2.62. The smallest absolute Gasteiger partial charge is 0.415 e. The molecule has 59 heavy (non-hydrogen) atoms. The number of hydrogen-bond donors (Lipinski definition) is 2. The molecular formula is C44H51N3O12. The van der Waals surface area contributed by atoms with Crippen LogP contribution >= 0.6 is 0 Å². The van der Waals surface area contributed by atoms with Gasteiger partial charge in [-0.2, -0.15) is 0 Å². The van der Waals surface area contributed by atoms with Crippen molar-refractivity contribution in [3.05, 3.63) is 106 Å². The van der Waals surface area contributed by atoms with E-state index in [9.17, 15) is 29.9 Å². The van der Waals surface area contributed by atoms with E-state index < -0.39 is 28.8 Å². The van der Waals surface area contributed by atoms with Crippen LogP contribution in [-0.4, -0.2) is 91.0 Å². The first-order valence-electron chi connectivity index (χ1n) is 19.7. The van der Waals surface area contributed by atoms with E-state index in [4.69, 9.17) is 28.5 Å². The highest BCUT2D eigenvalue weighted by atomic mass is 16.7. The summed E-state index contributed by atoms with van der Waals surface area (Å²) < 4.78 is 31.4. The van der Waals surface area contributed by atoms with E-state index in [1.807, 2.05) is 12.1 Å². The van der Waals surface area contributed by atoms with Gasteiger partial charge in [0.25, 0.3) is 5.69 Å². The van der Waals surface area contributed by atoms with Crippen molar-refractivity contribution in [2.75, 3.05) is 41.1 Å². The molecule has 1 heterocycles. The standard InChI is InChI=1S/C44H51N3O12/c1-5-22-56-44-40(46(2)43(51)58-31-14-12-30(13-15-31)47(52)53)26-37(45-55-4)35-24-28(10-6-8-20-48)34(11-7-9-21-49)41(42(35)44)36-25-33(17-19-39(36)59-44)57-32-16-18-38(54-3)29(23-32)27-50/h5,12-19,23-25,27-28,34,40-42,48-49H,1,6-11,20-22,26H2,2-4H3. The van der Waals surface area contributed by atoms with Crippen LogP contribution in [0.3, 0.4) is 0 Å². The van der Waals surface area contributed by atoms with Crippen LogP contribution in [0.5, 0.6) is 28.7 Å². The number of benzene rings is 3. The zero-order valence-electron chi connectivity index (χ0n) is 33.5. The normalized spacial score (nSPS) is 23.4. The lowest BCUT2D eigenvalue weighted by molar-refractivity contribution is -0.384. The summed E-state index contributed by atoms with van der Waals surface area (Å²) in [6, 6.07) is 14.9. The van der Waals surface area contributed by atoms with Gasteiger partial charge in [-0.05, 0) is 91.6 Å². The number of carbonyl (C=O) groups excluding carboxylic acids is 2. The number of fused-ring (bicyclic) bond motifs is 2. The third-order valence-electron chi connectivity index (χ3n) is 11.4. The Labute approximate surface area is 342 Å². The molecule has 0 saturated heterocycles. The van der Waals surface area contributed by atoms with Gasteiger partial charge in [-0.1, -0.05) is 30.1 Å². The Balaban J connectivity index is 1.51. The van der Waals surface area contributed by atoms with Crippen LogP contribution in [0.4, 0.5) is 10.5 Å². The first kappa shape index (κ1) is 42.8. The number of amides is 1. The number of aliphatic hydroxyl groups is 2. The number of aliphatic hydroxyl groups excluding tert-OH is 2. The summed E-state index contributed by atoms with van der Waals surface area (Å²) in [4.78, 5) is 43.5. The Hall–Kier alpha value is -5.77. The molecule has 15 nitrogen and oxygen atoms in total. The number of hydrogen-bond acceptors (Lipinski definition) is 13. The predicted molar refractivity (Wildman–Crippen MR) is 217 cm³/mol. The second-order valence-corrected chi connectivity index (χ2v) is 14.8. The van der Waals surface area contributed by atoms with Gasteiger partial charge in [0.15, 0.2) is 6.29 Å². The number of ether oxygens (including phenoxy) is 5. The van der Waals surface area contributed by atoms with Gasteiger partial charge in [-0.15, -0.1) is 6.58 Å². The van der Waals surface area contributed by atoms with Gasteiger partial charge in [0, 0.05) is 50.3 Å². The molecule has 15 heteroatoms. The number of nitro groups is 1. The zero-order chi connectivity index (χ0) is 42.1. The van der Waals surface area contributed by atoms with Crippen molar-refractivity contribution in [3.63, 3.8) is 0 Å². The van der Waals surface area contributed by atoms with E-state index in [1.54, 1.807) is 37.4 Å². The lowest BCUT2D eigenvalue weighted by Gasteiger charge is -2.59. The van der Waals surface area contributed by atoms with Crippen LogP contribution in [0.1, 0.15) is 66.8 Å². The van der Waals surface area contributed by atoms with Crippen LogP contribution in [0.25, 0.3) is 0 Å². The fraction of sp³-hybridized carbons (Fsp3) is 0.432. The van der Waals surface area contributed by atoms with Gasteiger partial charge in [0.05, 0.1) is 35.8 Å². The van der Waals surface area contributed by atoms with Crippen molar-refractivity contribution in [1.29, 1.82) is 0 Å². The molecule has 1 fully saturated rings. The molecule has 3 aromatic rings. The number of aldehydes is 1. The third-order valence-corrected chi connectivity index (χ3v) is 11.4. The number of unbranched alkanes of at least 4 members (excludes halogenated alkanes) is 2. The van der Waals surface area contributed by atoms with E-state index in [1.165, 1.54) is 43.4 Å². The number of oxime groups is 1. The molecule has 0 aromatic heterocycles. The number of nitrogens with zero attached hydrogens (tertiary/aromatic N) is 3. The van der Waals surface area contributed by atoms with E-state index in [-0.39, 0.29) is 55.4 Å². The number of likely N-dealkylation sites (N-methyl/N-ethyl adjacent to an activating group) is 1. The SMILES string of the molecule is C=CCOC12Oc3ccc(Oc4ccc(OC)c(C=O)c4)cc3C3C(CCCCO)C(CCCCO)C=C(C(=NOC)CC1N(C)C(=O)Oc1ccc([N+](=O)[O-])cc1)C32. The number of methoxy groups -OCH3 is 1. The minimum Gasteiger partial charge on any atom is -0.496 e. The lowest BCUT2D eigenvalue weighted by atomic mass is 9.55. The summed E-state index contributed by atoms with van der Waals surface area (Å²) in [6.45, 7) is 4.11. The quantitative estimate of drug-likeness (QED) is 0.0397. The van der Waals surface area contributed by atoms with E-state index >= 15 is 0 Å². The van der Waals surface area contributed by atoms with Crippen molar-refractivity contribution in [2.45, 2.75) is 62.7 Å². The highest BCUT2D eigenvalue weighted by Gasteiger charge is 2.65. The molecule has 0 spiro atoms. The van der Waals surface area contributed by atoms with E-state index in [2.05, 4.69) is 17.8 Å². The highest BCUT2D eigenvalue weighted by molar-refractivity contribution is 6.03. The summed E-state index contributed by atoms with van der Waals surface area (Å²) >= 11 is 0. The summed E-state index contributed by atoms with van der Waals surface area (Å²) in [5.74, 6) is -0.427. The molecule has 6 rings (SSSR count). The zero-order valence-corrected chi connectivity index (χ0v) is 33.5. The average Bonchev–Trinajstić information content (AvgIpc) is 3.24. The number of carbonyl (C=O) groups is 2. The molecule has 1 aliphatic heterocycles. The summed E-state index contributed by atoms with van der Waals surface area (Å²) in [5.41, 5.74) is 2.48. The van der Waals surface area contributed by atoms with Crippen molar-refractivity contribution in [1.82, 2.24) is 4.90 Å². The van der Waals surface area contributed by atoms with Gasteiger partial charge in [-0.25, -0.2) is 4.79 Å². The summed E-state index contributed by atoms with van der Waals surface area (Å²) in [6.07, 6.45) is 8.20. The molecule has 3 aliphatic rings. The van der Waals surface area contributed by atoms with Gasteiger partial charge < -0.3 is 43.6 Å². The molecule has 2 aliphatic carbocycles. The Bertz CT molecular complexity index is 2050. The summed E-state index contributed by atoms with van der Waals surface area (Å²) in [7, 11) is 4.54. The largest absolute Gasteiger partial charge is 0.496 e. The topological polar surface area (TPSA) is 189 Å². The van der Waals surface area contributed by atoms with Crippen LogP contribution < -0.4 is 18.9 Å². The summed E-state index contributed by atoms with van der Waals surface area (Å²) in [5, 5.41) is 35.5. The maximum atomic E-state index is 14.1. The number of allylic oxidation sites excluding steroid dienone is 1. The molecule has 3 aromatic carbocycles.